The molecule has 3 rings (SSSR count). The van der Waals surface area contributed by atoms with Crippen molar-refractivity contribution in [1.82, 2.24) is 15.0 Å². The van der Waals surface area contributed by atoms with Gasteiger partial charge in [-0.15, -0.1) is 0 Å². The first-order valence-electron chi connectivity index (χ1n) is 6.32. The van der Waals surface area contributed by atoms with Gasteiger partial charge in [-0.2, -0.15) is 4.98 Å². The fourth-order valence-corrected chi connectivity index (χ4v) is 2.37. The molecule has 0 spiro atoms. The van der Waals surface area contributed by atoms with Gasteiger partial charge in [0.2, 0.25) is 12.3 Å². The average molecular weight is 257 g/mol. The molecule has 98 valence electrons. The van der Waals surface area contributed by atoms with Crippen molar-refractivity contribution in [3.63, 3.8) is 0 Å². The van der Waals surface area contributed by atoms with Crippen molar-refractivity contribution >= 4 is 5.91 Å². The standard InChI is InChI=1S/C14H15N3O2/c1-10-2-4-11(5-3-10)7-17-8-12(6-13(17)18)14-15-9-19-16-14/h2-5,9,12H,6-8H2,1H3. The monoisotopic (exact) mass is 257 g/mol. The van der Waals surface area contributed by atoms with Gasteiger partial charge < -0.3 is 9.42 Å². The van der Waals surface area contributed by atoms with Crippen molar-refractivity contribution in [3.05, 3.63) is 47.6 Å². The van der Waals surface area contributed by atoms with Crippen molar-refractivity contribution in [2.24, 2.45) is 0 Å². The molecule has 5 heteroatoms. The van der Waals surface area contributed by atoms with Crippen LogP contribution in [0.3, 0.4) is 0 Å². The molecule has 1 saturated heterocycles. The highest BCUT2D eigenvalue weighted by Crippen LogP contribution is 2.26. The normalized spacial score (nSPS) is 19.1. The van der Waals surface area contributed by atoms with Crippen molar-refractivity contribution in [1.29, 1.82) is 0 Å². The molecule has 0 radical (unpaired) electrons. The Hall–Kier alpha value is -2.17. The lowest BCUT2D eigenvalue weighted by Gasteiger charge is -2.16. The Morgan fingerprint density at radius 3 is 2.84 bits per heavy atom. The predicted molar refractivity (Wildman–Crippen MR) is 68.3 cm³/mol. The Kier molecular flexibility index (Phi) is 3.03. The maximum atomic E-state index is 12.0. The summed E-state index contributed by atoms with van der Waals surface area (Å²) in [4.78, 5) is 17.9. The van der Waals surface area contributed by atoms with Crippen molar-refractivity contribution < 1.29 is 9.32 Å². The zero-order chi connectivity index (χ0) is 13.2. The third-order valence-corrected chi connectivity index (χ3v) is 3.45. The van der Waals surface area contributed by atoms with Gasteiger partial charge in [0, 0.05) is 25.4 Å². The van der Waals surface area contributed by atoms with E-state index in [1.807, 2.05) is 4.90 Å². The zero-order valence-corrected chi connectivity index (χ0v) is 10.7. The summed E-state index contributed by atoms with van der Waals surface area (Å²) < 4.78 is 4.74. The van der Waals surface area contributed by atoms with E-state index in [2.05, 4.69) is 41.3 Å². The molecule has 1 unspecified atom stereocenters. The number of amides is 1. The second kappa shape index (κ2) is 4.84. The van der Waals surface area contributed by atoms with E-state index in [-0.39, 0.29) is 11.8 Å². The highest BCUT2D eigenvalue weighted by Gasteiger charge is 2.32. The summed E-state index contributed by atoms with van der Waals surface area (Å²) in [6, 6.07) is 8.24. The van der Waals surface area contributed by atoms with Crippen molar-refractivity contribution in [2.45, 2.75) is 25.8 Å². The van der Waals surface area contributed by atoms with Gasteiger partial charge in [0.05, 0.1) is 0 Å². The molecule has 0 N–H and O–H groups in total. The van der Waals surface area contributed by atoms with Gasteiger partial charge in [-0.25, -0.2) is 0 Å². The highest BCUT2D eigenvalue weighted by molar-refractivity contribution is 5.79. The van der Waals surface area contributed by atoms with Gasteiger partial charge in [0.1, 0.15) is 0 Å². The topological polar surface area (TPSA) is 59.2 Å². The third kappa shape index (κ3) is 2.50. The molecule has 1 fully saturated rings. The highest BCUT2D eigenvalue weighted by atomic mass is 16.5. The lowest BCUT2D eigenvalue weighted by molar-refractivity contribution is -0.128. The lowest BCUT2D eigenvalue weighted by Crippen LogP contribution is -2.24. The van der Waals surface area contributed by atoms with E-state index in [1.165, 1.54) is 12.0 Å². The second-order valence-electron chi connectivity index (χ2n) is 4.95. The average Bonchev–Trinajstić information content (AvgIpc) is 3.03. The van der Waals surface area contributed by atoms with Crippen LogP contribution in [0.15, 0.2) is 35.2 Å². The molecule has 0 aliphatic carbocycles. The number of hydrogen-bond donors (Lipinski definition) is 0. The summed E-state index contributed by atoms with van der Waals surface area (Å²) in [6.07, 6.45) is 1.77. The molecule has 5 nitrogen and oxygen atoms in total. The third-order valence-electron chi connectivity index (χ3n) is 3.45. The molecule has 0 saturated carbocycles. The Bertz CT molecular complexity index is 563. The van der Waals surface area contributed by atoms with E-state index < -0.39 is 0 Å². The Morgan fingerprint density at radius 2 is 2.16 bits per heavy atom. The number of benzene rings is 1. The van der Waals surface area contributed by atoms with Gasteiger partial charge in [-0.05, 0) is 12.5 Å². The van der Waals surface area contributed by atoms with Crippen LogP contribution in [0.1, 0.15) is 29.3 Å². The largest absolute Gasteiger partial charge is 0.343 e. The Balaban J connectivity index is 1.69. The molecular weight excluding hydrogens is 242 g/mol. The van der Waals surface area contributed by atoms with Crippen LogP contribution in [0.2, 0.25) is 0 Å². The smallest absolute Gasteiger partial charge is 0.223 e. The molecule has 2 heterocycles. The quantitative estimate of drug-likeness (QED) is 0.842. The number of carbonyl (C=O) groups excluding carboxylic acids is 1. The summed E-state index contributed by atoms with van der Waals surface area (Å²) in [5, 5.41) is 3.82. The Labute approximate surface area is 111 Å². The molecule has 1 aromatic heterocycles. The molecule has 1 atom stereocenters. The second-order valence-corrected chi connectivity index (χ2v) is 4.95. The van der Waals surface area contributed by atoms with Gasteiger partial charge in [-0.1, -0.05) is 35.0 Å². The van der Waals surface area contributed by atoms with E-state index in [9.17, 15) is 4.79 Å². The van der Waals surface area contributed by atoms with Crippen molar-refractivity contribution in [3.8, 4) is 0 Å². The van der Waals surface area contributed by atoms with Gasteiger partial charge in [0.25, 0.3) is 0 Å². The molecule has 1 aliphatic rings. The number of aryl methyl sites for hydroxylation is 1. The van der Waals surface area contributed by atoms with Crippen LogP contribution >= 0.6 is 0 Å². The van der Waals surface area contributed by atoms with Crippen LogP contribution in [-0.4, -0.2) is 27.5 Å². The number of nitrogens with zero attached hydrogens (tertiary/aromatic N) is 3. The first-order chi connectivity index (χ1) is 9.22. The Morgan fingerprint density at radius 1 is 1.37 bits per heavy atom. The number of likely N-dealkylation sites (tertiary alicyclic amines) is 1. The van der Waals surface area contributed by atoms with Crippen LogP contribution in [0.5, 0.6) is 0 Å². The van der Waals surface area contributed by atoms with Crippen LogP contribution in [0.25, 0.3) is 0 Å². The fourth-order valence-electron chi connectivity index (χ4n) is 2.37. The van der Waals surface area contributed by atoms with E-state index >= 15 is 0 Å². The number of carbonyl (C=O) groups is 1. The minimum Gasteiger partial charge on any atom is -0.343 e. The molecule has 1 aromatic carbocycles. The van der Waals surface area contributed by atoms with Crippen LogP contribution in [0.4, 0.5) is 0 Å². The van der Waals surface area contributed by atoms with Gasteiger partial charge >= 0.3 is 0 Å². The fraction of sp³-hybridized carbons (Fsp3) is 0.357. The predicted octanol–water partition coefficient (Wildman–Crippen LogP) is 1.89. The minimum atomic E-state index is 0.0525. The van der Waals surface area contributed by atoms with Gasteiger partial charge in [-0.3, -0.25) is 4.79 Å². The van der Waals surface area contributed by atoms with E-state index in [1.54, 1.807) is 0 Å². The maximum Gasteiger partial charge on any atom is 0.223 e. The SMILES string of the molecule is Cc1ccc(CN2CC(c3ncon3)CC2=O)cc1. The minimum absolute atomic E-state index is 0.0525. The molecule has 0 bridgehead atoms. The number of hydrogen-bond acceptors (Lipinski definition) is 4. The maximum absolute atomic E-state index is 12.0. The van der Waals surface area contributed by atoms with Gasteiger partial charge in [0.15, 0.2) is 5.82 Å². The molecule has 1 aliphatic heterocycles. The number of aromatic nitrogens is 2. The summed E-state index contributed by atoms with van der Waals surface area (Å²) in [5.41, 5.74) is 2.37. The lowest BCUT2D eigenvalue weighted by atomic mass is 10.1. The first kappa shape index (κ1) is 11.9. The molecular formula is C14H15N3O2. The van der Waals surface area contributed by atoms with Crippen LogP contribution in [0, 0.1) is 6.92 Å². The first-order valence-corrected chi connectivity index (χ1v) is 6.32. The molecule has 2 aromatic rings. The van der Waals surface area contributed by atoms with Crippen LogP contribution in [-0.2, 0) is 11.3 Å². The zero-order valence-electron chi connectivity index (χ0n) is 10.7. The van der Waals surface area contributed by atoms with Crippen molar-refractivity contribution in [2.75, 3.05) is 6.54 Å². The number of rotatable bonds is 3. The van der Waals surface area contributed by atoms with E-state index in [4.69, 9.17) is 4.52 Å². The van der Waals surface area contributed by atoms with E-state index in [0.717, 1.165) is 5.56 Å². The van der Waals surface area contributed by atoms with E-state index in [0.29, 0.717) is 25.3 Å². The summed E-state index contributed by atoms with van der Waals surface area (Å²) in [6.45, 7) is 3.36. The van der Waals surface area contributed by atoms with Crippen LogP contribution < -0.4 is 0 Å². The molecule has 19 heavy (non-hydrogen) atoms. The summed E-state index contributed by atoms with van der Waals surface area (Å²) >= 11 is 0. The summed E-state index contributed by atoms with van der Waals surface area (Å²) in [5.74, 6) is 0.826. The molecule has 1 amide bonds. The summed E-state index contributed by atoms with van der Waals surface area (Å²) in [7, 11) is 0.